The highest BCUT2D eigenvalue weighted by atomic mass is 16.3. The molecule has 2 aliphatic carbocycles. The summed E-state index contributed by atoms with van der Waals surface area (Å²) in [4.78, 5) is 2.38. The van der Waals surface area contributed by atoms with Gasteiger partial charge in [0.15, 0.2) is 0 Å². The van der Waals surface area contributed by atoms with Crippen molar-refractivity contribution in [1.82, 2.24) is 0 Å². The van der Waals surface area contributed by atoms with Crippen LogP contribution in [0, 0.1) is 0 Å². The number of nitrogens with zero attached hydrogens (tertiary/aromatic N) is 1. The maximum absolute atomic E-state index is 7.03. The SMILES string of the molecule is c1ccc(-c2ccc(N(c3ccc(-c4cccc5c4oc4ccc6c(c45)-c4ccccc4C64c5ccccc5-c5ccccc54)cc3)c3cc(-c4ccccc4)cc(-c4ccccc4)c3)cc2)cc1. The third-order valence-electron chi connectivity index (χ3n) is 14.7. The number of para-hydroxylation sites is 1. The van der Waals surface area contributed by atoms with E-state index in [0.717, 1.165) is 55.9 Å². The number of hydrogen-bond donors (Lipinski definition) is 0. The molecule has 0 aliphatic heterocycles. The molecule has 12 aromatic rings. The van der Waals surface area contributed by atoms with Crippen molar-refractivity contribution in [2.75, 3.05) is 4.90 Å². The normalized spacial score (nSPS) is 12.8. The van der Waals surface area contributed by atoms with Gasteiger partial charge in [0.2, 0.25) is 0 Å². The predicted octanol–water partition coefficient (Wildman–Crippen LogP) is 18.1. The molecule has 69 heavy (non-hydrogen) atoms. The van der Waals surface area contributed by atoms with Gasteiger partial charge in [-0.15, -0.1) is 0 Å². The Labute approximate surface area is 401 Å². The van der Waals surface area contributed by atoms with Crippen LogP contribution in [0.1, 0.15) is 22.3 Å². The van der Waals surface area contributed by atoms with Gasteiger partial charge in [-0.05, 0) is 132 Å². The summed E-state index contributed by atoms with van der Waals surface area (Å²) < 4.78 is 7.03. The van der Waals surface area contributed by atoms with Gasteiger partial charge in [0, 0.05) is 33.4 Å². The van der Waals surface area contributed by atoms with Crippen LogP contribution in [0.2, 0.25) is 0 Å². The lowest BCUT2D eigenvalue weighted by Gasteiger charge is -2.30. The molecule has 2 heteroatoms. The van der Waals surface area contributed by atoms with E-state index in [0.29, 0.717) is 0 Å². The molecular formula is C67H43NO. The first kappa shape index (κ1) is 39.2. The molecule has 0 bridgehead atoms. The summed E-state index contributed by atoms with van der Waals surface area (Å²) in [6.45, 7) is 0. The van der Waals surface area contributed by atoms with Crippen molar-refractivity contribution < 1.29 is 4.42 Å². The Kier molecular flexibility index (Phi) is 8.84. The van der Waals surface area contributed by atoms with Crippen LogP contribution < -0.4 is 4.90 Å². The molecule has 0 unspecified atom stereocenters. The van der Waals surface area contributed by atoms with Gasteiger partial charge in [0.1, 0.15) is 11.2 Å². The van der Waals surface area contributed by atoms with Crippen LogP contribution in [-0.2, 0) is 5.41 Å². The van der Waals surface area contributed by atoms with Crippen LogP contribution in [-0.4, -0.2) is 0 Å². The first-order chi connectivity index (χ1) is 34.2. The number of hydrogen-bond acceptors (Lipinski definition) is 2. The molecule has 11 aromatic carbocycles. The Balaban J connectivity index is 0.922. The standard InChI is InChI=1S/C67H43NO/c1-4-17-44(18-5-1)47-31-35-51(36-32-47)68(53-42-49(45-19-6-2-7-20-45)41-50(43-53)46-21-8-3-9-22-46)52-37-33-48(34-38-52)54-26-16-27-58-65-63(69-66(54)58)40-39-62-64(65)57-25-12-15-30-61(57)67(62)59-28-13-10-23-55(59)56-24-11-14-29-60(56)67/h1-43H. The number of rotatable bonds is 7. The quantitative estimate of drug-likeness (QED) is 0.159. The van der Waals surface area contributed by atoms with Gasteiger partial charge in [-0.3, -0.25) is 0 Å². The number of furan rings is 1. The molecule has 322 valence electrons. The Morgan fingerprint density at radius 3 is 1.30 bits per heavy atom. The topological polar surface area (TPSA) is 16.4 Å². The van der Waals surface area contributed by atoms with Crippen LogP contribution >= 0.6 is 0 Å². The van der Waals surface area contributed by atoms with Crippen LogP contribution in [0.3, 0.4) is 0 Å². The van der Waals surface area contributed by atoms with Crippen molar-refractivity contribution >= 4 is 39.0 Å². The van der Waals surface area contributed by atoms with E-state index < -0.39 is 5.41 Å². The Morgan fingerprint density at radius 1 is 0.290 bits per heavy atom. The van der Waals surface area contributed by atoms with E-state index in [1.165, 1.54) is 72.1 Å². The highest BCUT2D eigenvalue weighted by Gasteiger charge is 2.52. The van der Waals surface area contributed by atoms with Gasteiger partial charge in [-0.25, -0.2) is 0 Å². The zero-order chi connectivity index (χ0) is 45.5. The minimum absolute atomic E-state index is 0.416. The number of benzene rings is 11. The zero-order valence-electron chi connectivity index (χ0n) is 37.7. The first-order valence-corrected chi connectivity index (χ1v) is 23.8. The minimum Gasteiger partial charge on any atom is -0.455 e. The smallest absolute Gasteiger partial charge is 0.143 e. The van der Waals surface area contributed by atoms with Crippen LogP contribution in [0.4, 0.5) is 17.1 Å². The third-order valence-corrected chi connectivity index (χ3v) is 14.7. The summed E-state index contributed by atoms with van der Waals surface area (Å²) in [6.07, 6.45) is 0. The van der Waals surface area contributed by atoms with Crippen LogP contribution in [0.25, 0.3) is 88.7 Å². The minimum atomic E-state index is -0.416. The highest BCUT2D eigenvalue weighted by molar-refractivity contribution is 6.18. The lowest BCUT2D eigenvalue weighted by atomic mass is 9.70. The van der Waals surface area contributed by atoms with Gasteiger partial charge in [-0.1, -0.05) is 212 Å². The van der Waals surface area contributed by atoms with E-state index >= 15 is 0 Å². The average Bonchev–Trinajstić information content (AvgIpc) is 4.06. The summed E-state index contributed by atoms with van der Waals surface area (Å²) in [6, 6.07) is 95.1. The van der Waals surface area contributed by atoms with Crippen LogP contribution in [0.15, 0.2) is 265 Å². The largest absolute Gasteiger partial charge is 0.455 e. The molecule has 0 amide bonds. The number of fused-ring (bicyclic) bond motifs is 14. The molecule has 0 radical (unpaired) electrons. The molecular weight excluding hydrogens is 835 g/mol. The van der Waals surface area contributed by atoms with Crippen molar-refractivity contribution in [1.29, 1.82) is 0 Å². The molecule has 0 saturated carbocycles. The van der Waals surface area contributed by atoms with Crippen molar-refractivity contribution in [2.45, 2.75) is 5.41 Å². The molecule has 2 aliphatic rings. The summed E-state index contributed by atoms with van der Waals surface area (Å²) in [7, 11) is 0. The lowest BCUT2D eigenvalue weighted by Crippen LogP contribution is -2.25. The van der Waals surface area contributed by atoms with Gasteiger partial charge >= 0.3 is 0 Å². The van der Waals surface area contributed by atoms with Gasteiger partial charge in [-0.2, -0.15) is 0 Å². The van der Waals surface area contributed by atoms with E-state index in [-0.39, 0.29) is 0 Å². The fraction of sp³-hybridized carbons (Fsp3) is 0.0149. The van der Waals surface area contributed by atoms with E-state index in [2.05, 4.69) is 266 Å². The fourth-order valence-electron chi connectivity index (χ4n) is 11.7. The molecule has 0 atom stereocenters. The van der Waals surface area contributed by atoms with E-state index in [1.54, 1.807) is 0 Å². The van der Waals surface area contributed by atoms with Crippen molar-refractivity contribution in [2.24, 2.45) is 0 Å². The van der Waals surface area contributed by atoms with Crippen molar-refractivity contribution in [3.05, 3.63) is 283 Å². The van der Waals surface area contributed by atoms with E-state index in [1.807, 2.05) is 0 Å². The van der Waals surface area contributed by atoms with Crippen molar-refractivity contribution in [3.63, 3.8) is 0 Å². The molecule has 14 rings (SSSR count). The average molecular weight is 878 g/mol. The molecule has 1 spiro atoms. The maximum Gasteiger partial charge on any atom is 0.143 e. The lowest BCUT2D eigenvalue weighted by molar-refractivity contribution is 0.669. The Bertz CT molecular complexity index is 3820. The second kappa shape index (κ2) is 15.6. The van der Waals surface area contributed by atoms with E-state index in [9.17, 15) is 0 Å². The molecule has 0 fully saturated rings. The monoisotopic (exact) mass is 877 g/mol. The van der Waals surface area contributed by atoms with Crippen molar-refractivity contribution in [3.8, 4) is 66.8 Å². The molecule has 2 nitrogen and oxygen atoms in total. The molecule has 0 saturated heterocycles. The second-order valence-electron chi connectivity index (χ2n) is 18.3. The summed E-state index contributed by atoms with van der Waals surface area (Å²) in [5.74, 6) is 0. The molecule has 1 heterocycles. The fourth-order valence-corrected chi connectivity index (χ4v) is 11.7. The van der Waals surface area contributed by atoms with E-state index in [4.69, 9.17) is 4.42 Å². The molecule has 1 aromatic heterocycles. The Hall–Kier alpha value is -8.98. The zero-order valence-corrected chi connectivity index (χ0v) is 37.7. The number of anilines is 3. The highest BCUT2D eigenvalue weighted by Crippen LogP contribution is 2.64. The maximum atomic E-state index is 7.03. The Morgan fingerprint density at radius 2 is 0.739 bits per heavy atom. The predicted molar refractivity (Wildman–Crippen MR) is 286 cm³/mol. The van der Waals surface area contributed by atoms with Gasteiger partial charge < -0.3 is 9.32 Å². The second-order valence-corrected chi connectivity index (χ2v) is 18.3. The molecule has 0 N–H and O–H groups in total. The third kappa shape index (κ3) is 5.99. The van der Waals surface area contributed by atoms with Crippen LogP contribution in [0.5, 0.6) is 0 Å². The summed E-state index contributed by atoms with van der Waals surface area (Å²) >= 11 is 0. The van der Waals surface area contributed by atoms with Gasteiger partial charge in [0.25, 0.3) is 0 Å². The van der Waals surface area contributed by atoms with Gasteiger partial charge in [0.05, 0.1) is 5.41 Å². The summed E-state index contributed by atoms with van der Waals surface area (Å²) in [5, 5.41) is 2.30. The summed E-state index contributed by atoms with van der Waals surface area (Å²) in [5.41, 5.74) is 24.3. The first-order valence-electron chi connectivity index (χ1n) is 23.8.